The van der Waals surface area contributed by atoms with E-state index in [1.54, 1.807) is 43.3 Å². The predicted octanol–water partition coefficient (Wildman–Crippen LogP) is 2.86. The molecule has 0 saturated carbocycles. The van der Waals surface area contributed by atoms with Gasteiger partial charge in [0.1, 0.15) is 23.7 Å². The van der Waals surface area contributed by atoms with Crippen LogP contribution in [0.15, 0.2) is 47.5 Å². The maximum atomic E-state index is 14.5. The van der Waals surface area contributed by atoms with Crippen molar-refractivity contribution in [3.8, 4) is 5.75 Å². The van der Waals surface area contributed by atoms with Crippen LogP contribution in [0.25, 0.3) is 0 Å². The van der Waals surface area contributed by atoms with Crippen molar-refractivity contribution >= 4 is 27.6 Å². The van der Waals surface area contributed by atoms with Crippen LogP contribution >= 0.6 is 11.6 Å². The zero-order valence-electron chi connectivity index (χ0n) is 14.8. The summed E-state index contributed by atoms with van der Waals surface area (Å²) in [7, 11) is -2.37. The first kappa shape index (κ1) is 19.4. The molecular weight excluding hydrogens is 393 g/mol. The molecule has 0 radical (unpaired) electrons. The quantitative estimate of drug-likeness (QED) is 0.838. The van der Waals surface area contributed by atoms with Crippen molar-refractivity contribution in [3.05, 3.63) is 64.4 Å². The summed E-state index contributed by atoms with van der Waals surface area (Å²) >= 11 is 5.93. The maximum absolute atomic E-state index is 14.5. The van der Waals surface area contributed by atoms with Gasteiger partial charge in [-0.1, -0.05) is 23.7 Å². The van der Waals surface area contributed by atoms with E-state index in [1.165, 1.54) is 13.1 Å². The lowest BCUT2D eigenvalue weighted by Crippen LogP contribution is -2.50. The van der Waals surface area contributed by atoms with Crippen LogP contribution in [0.2, 0.25) is 5.02 Å². The molecule has 0 aromatic heterocycles. The van der Waals surface area contributed by atoms with Crippen molar-refractivity contribution in [2.45, 2.75) is 19.1 Å². The molecule has 0 bridgehead atoms. The third-order valence-electron chi connectivity index (χ3n) is 4.38. The highest BCUT2D eigenvalue weighted by Gasteiger charge is 2.41. The van der Waals surface area contributed by atoms with Gasteiger partial charge in [-0.3, -0.25) is 0 Å². The Kier molecular flexibility index (Phi) is 5.05. The Hall–Kier alpha value is -2.32. The Labute approximate surface area is 162 Å². The van der Waals surface area contributed by atoms with Gasteiger partial charge in [0.05, 0.1) is 5.75 Å². The molecule has 1 aliphatic heterocycles. The summed E-state index contributed by atoms with van der Waals surface area (Å²) in [5, 5.41) is 0.543. The summed E-state index contributed by atoms with van der Waals surface area (Å²) < 4.78 is 45.7. The molecule has 1 atom stereocenters. The fraction of sp³-hybridized carbons (Fsp3) is 0.278. The molecule has 3 rings (SSSR count). The van der Waals surface area contributed by atoms with Crippen LogP contribution in [0.5, 0.6) is 5.75 Å². The van der Waals surface area contributed by atoms with Crippen LogP contribution in [-0.2, 0) is 22.2 Å². The molecule has 2 N–H and O–H groups in total. The van der Waals surface area contributed by atoms with Crippen molar-refractivity contribution in [2.75, 3.05) is 12.8 Å². The molecule has 1 heterocycles. The summed E-state index contributed by atoms with van der Waals surface area (Å²) in [5.41, 5.74) is 5.23. The number of aliphatic imine (C=N–C) groups is 1. The topological polar surface area (TPSA) is 85.0 Å². The molecule has 0 unspecified atom stereocenters. The van der Waals surface area contributed by atoms with Crippen LogP contribution in [-0.4, -0.2) is 31.5 Å². The largest absolute Gasteiger partial charge is 0.489 e. The monoisotopic (exact) mass is 411 g/mol. The average Bonchev–Trinajstić information content (AvgIpc) is 2.58. The molecule has 1 aliphatic rings. The number of ether oxygens (including phenoxy) is 1. The van der Waals surface area contributed by atoms with Gasteiger partial charge in [0.15, 0.2) is 0 Å². The van der Waals surface area contributed by atoms with Gasteiger partial charge >= 0.3 is 0 Å². The minimum Gasteiger partial charge on any atom is -0.489 e. The molecule has 9 heteroatoms. The number of nitrogens with two attached hydrogens (primary N) is 1. The second-order valence-corrected chi connectivity index (χ2v) is 8.96. The van der Waals surface area contributed by atoms with E-state index in [0.29, 0.717) is 16.3 Å². The van der Waals surface area contributed by atoms with Crippen LogP contribution in [0.4, 0.5) is 4.39 Å². The van der Waals surface area contributed by atoms with Gasteiger partial charge < -0.3 is 10.5 Å². The van der Waals surface area contributed by atoms with Crippen LogP contribution in [0.1, 0.15) is 18.1 Å². The first-order valence-corrected chi connectivity index (χ1v) is 10.1. The van der Waals surface area contributed by atoms with Gasteiger partial charge in [-0.05, 0) is 42.8 Å². The first-order valence-electron chi connectivity index (χ1n) is 8.10. The number of sulfonamides is 1. The SMILES string of the molecule is CN1C(N)=N[C@](C)(c2cc(COc3cccc(Cl)c3)ccc2F)CS1(=O)=O. The second-order valence-electron chi connectivity index (χ2n) is 6.53. The molecule has 0 fully saturated rings. The molecule has 6 nitrogen and oxygen atoms in total. The third kappa shape index (κ3) is 4.01. The molecule has 0 spiro atoms. The number of hydrogen-bond acceptors (Lipinski definition) is 5. The summed E-state index contributed by atoms with van der Waals surface area (Å²) in [4.78, 5) is 4.24. The molecule has 27 heavy (non-hydrogen) atoms. The van der Waals surface area contributed by atoms with E-state index in [4.69, 9.17) is 22.1 Å². The zero-order chi connectivity index (χ0) is 19.8. The summed E-state index contributed by atoms with van der Waals surface area (Å²) in [6.07, 6.45) is 0. The van der Waals surface area contributed by atoms with E-state index in [0.717, 1.165) is 4.31 Å². The van der Waals surface area contributed by atoms with Crippen molar-refractivity contribution in [1.82, 2.24) is 4.31 Å². The molecule has 0 aliphatic carbocycles. The Morgan fingerprint density at radius 3 is 2.74 bits per heavy atom. The third-order valence-corrected chi connectivity index (χ3v) is 6.56. The van der Waals surface area contributed by atoms with E-state index >= 15 is 0 Å². The van der Waals surface area contributed by atoms with Crippen molar-refractivity contribution in [2.24, 2.45) is 10.7 Å². The van der Waals surface area contributed by atoms with Gasteiger partial charge in [-0.15, -0.1) is 0 Å². The van der Waals surface area contributed by atoms with Gasteiger partial charge in [-0.2, -0.15) is 0 Å². The minimum atomic E-state index is -3.69. The number of rotatable bonds is 4. The standard InChI is InChI=1S/C18H19ClFN3O3S/c1-18(11-27(24,25)23(2)17(21)22-18)15-8-12(6-7-16(15)20)10-26-14-5-3-4-13(19)9-14/h3-9H,10-11H2,1-2H3,(H2,21,22)/t18-/m0/s1. The van der Waals surface area contributed by atoms with Crippen molar-refractivity contribution in [1.29, 1.82) is 0 Å². The number of nitrogens with zero attached hydrogens (tertiary/aromatic N) is 2. The summed E-state index contributed by atoms with van der Waals surface area (Å²) in [6, 6.07) is 11.3. The van der Waals surface area contributed by atoms with Gasteiger partial charge in [-0.25, -0.2) is 22.1 Å². The van der Waals surface area contributed by atoms with E-state index in [1.807, 2.05) is 0 Å². The van der Waals surface area contributed by atoms with E-state index in [-0.39, 0.29) is 23.9 Å². The van der Waals surface area contributed by atoms with Crippen LogP contribution in [0.3, 0.4) is 0 Å². The van der Waals surface area contributed by atoms with Gasteiger partial charge in [0.25, 0.3) is 0 Å². The highest BCUT2D eigenvalue weighted by molar-refractivity contribution is 7.89. The summed E-state index contributed by atoms with van der Waals surface area (Å²) in [5.74, 6) is -0.542. The lowest BCUT2D eigenvalue weighted by molar-refractivity contribution is 0.305. The van der Waals surface area contributed by atoms with E-state index in [2.05, 4.69) is 4.99 Å². The van der Waals surface area contributed by atoms with E-state index in [9.17, 15) is 12.8 Å². The normalized spacial score (nSPS) is 21.6. The fourth-order valence-corrected chi connectivity index (χ4v) is 4.52. The minimum absolute atomic E-state index is 0.148. The fourth-order valence-electron chi connectivity index (χ4n) is 2.89. The number of halogens is 2. The first-order chi connectivity index (χ1) is 12.6. The van der Waals surface area contributed by atoms with Gasteiger partial charge in [0.2, 0.25) is 16.0 Å². The molecular formula is C18H19ClFN3O3S. The van der Waals surface area contributed by atoms with Crippen LogP contribution in [0, 0.1) is 5.82 Å². The molecule has 0 saturated heterocycles. The molecule has 144 valence electrons. The highest BCUT2D eigenvalue weighted by atomic mass is 35.5. The Balaban J connectivity index is 1.91. The highest BCUT2D eigenvalue weighted by Crippen LogP contribution is 2.34. The predicted molar refractivity (Wildman–Crippen MR) is 103 cm³/mol. The van der Waals surface area contributed by atoms with Crippen molar-refractivity contribution in [3.63, 3.8) is 0 Å². The van der Waals surface area contributed by atoms with Gasteiger partial charge in [0, 0.05) is 17.6 Å². The van der Waals surface area contributed by atoms with E-state index < -0.39 is 21.4 Å². The van der Waals surface area contributed by atoms with Crippen molar-refractivity contribution < 1.29 is 17.5 Å². The zero-order valence-corrected chi connectivity index (χ0v) is 16.4. The molecule has 2 aromatic rings. The average molecular weight is 412 g/mol. The lowest BCUT2D eigenvalue weighted by Gasteiger charge is -2.34. The number of benzene rings is 2. The lowest BCUT2D eigenvalue weighted by atomic mass is 9.92. The maximum Gasteiger partial charge on any atom is 0.239 e. The molecule has 2 aromatic carbocycles. The smallest absolute Gasteiger partial charge is 0.239 e. The number of hydrogen-bond donors (Lipinski definition) is 1. The molecule has 0 amide bonds. The van der Waals surface area contributed by atoms with Crippen LogP contribution < -0.4 is 10.5 Å². The second kappa shape index (κ2) is 7.01. The Morgan fingerprint density at radius 2 is 2.07 bits per heavy atom. The number of guanidine groups is 1. The Bertz CT molecular complexity index is 1010. The Morgan fingerprint density at radius 1 is 1.33 bits per heavy atom. The summed E-state index contributed by atoms with van der Waals surface area (Å²) in [6.45, 7) is 1.71.